The molecule has 1 aliphatic heterocycles. The van der Waals surface area contributed by atoms with E-state index in [9.17, 15) is 24.3 Å². The Hall–Kier alpha value is -4.12. The molecule has 0 aliphatic carbocycles. The molecule has 2 aromatic carbocycles. The van der Waals surface area contributed by atoms with Gasteiger partial charge in [0.05, 0.1) is 18.7 Å². The third-order valence-corrected chi connectivity index (χ3v) is 8.62. The molecule has 0 bridgehead atoms. The van der Waals surface area contributed by atoms with Crippen molar-refractivity contribution in [3.8, 4) is 0 Å². The number of benzene rings is 2. The van der Waals surface area contributed by atoms with Crippen molar-refractivity contribution in [1.82, 2.24) is 25.3 Å². The van der Waals surface area contributed by atoms with Gasteiger partial charge in [0.2, 0.25) is 11.8 Å². The van der Waals surface area contributed by atoms with Gasteiger partial charge in [0.25, 0.3) is 0 Å². The number of hydrogen-bond acceptors (Lipinski definition) is 6. The molecule has 11 heteroatoms. The summed E-state index contributed by atoms with van der Waals surface area (Å²) in [5.74, 6) is -0.433. The summed E-state index contributed by atoms with van der Waals surface area (Å²) in [5, 5.41) is 17.6. The highest BCUT2D eigenvalue weighted by Gasteiger charge is 2.41. The molecule has 0 radical (unpaired) electrons. The summed E-state index contributed by atoms with van der Waals surface area (Å²) < 4.78 is 5.56. The molecule has 1 saturated heterocycles. The van der Waals surface area contributed by atoms with Gasteiger partial charge in [-0.25, -0.2) is 9.59 Å². The van der Waals surface area contributed by atoms with E-state index in [1.54, 1.807) is 4.90 Å². The summed E-state index contributed by atoms with van der Waals surface area (Å²) in [6.07, 6.45) is 0.515. The topological polar surface area (TPSA) is 132 Å². The van der Waals surface area contributed by atoms with Crippen LogP contribution >= 0.6 is 0 Å². The van der Waals surface area contributed by atoms with Crippen LogP contribution in [0.4, 0.5) is 9.59 Å². The van der Waals surface area contributed by atoms with Gasteiger partial charge in [0.15, 0.2) is 0 Å². The van der Waals surface area contributed by atoms with Crippen molar-refractivity contribution in [3.05, 3.63) is 71.8 Å². The smallest absolute Gasteiger partial charge is 0.410 e. The lowest BCUT2D eigenvalue weighted by Crippen LogP contribution is -2.59. The lowest BCUT2D eigenvalue weighted by molar-refractivity contribution is -0.144. The lowest BCUT2D eigenvalue weighted by atomic mass is 9.99. The van der Waals surface area contributed by atoms with Crippen LogP contribution in [0.15, 0.2) is 60.7 Å². The molecule has 50 heavy (non-hydrogen) atoms. The van der Waals surface area contributed by atoms with Gasteiger partial charge in [-0.15, -0.1) is 0 Å². The second kappa shape index (κ2) is 18.2. The number of likely N-dealkylation sites (tertiary alicyclic amines) is 1. The molecule has 1 heterocycles. The van der Waals surface area contributed by atoms with Crippen molar-refractivity contribution in [2.45, 2.75) is 117 Å². The highest BCUT2D eigenvalue weighted by atomic mass is 16.6. The van der Waals surface area contributed by atoms with Crippen LogP contribution in [0.3, 0.4) is 0 Å². The highest BCUT2D eigenvalue weighted by Crippen LogP contribution is 2.25. The minimum absolute atomic E-state index is 0.0104. The molecule has 5 amide bonds. The number of rotatable bonds is 14. The Morgan fingerprint density at radius 1 is 0.940 bits per heavy atom. The van der Waals surface area contributed by atoms with E-state index >= 15 is 0 Å². The molecule has 276 valence electrons. The van der Waals surface area contributed by atoms with Gasteiger partial charge in [-0.1, -0.05) is 74.5 Å². The highest BCUT2D eigenvalue weighted by molar-refractivity contribution is 5.90. The fourth-order valence-electron chi connectivity index (χ4n) is 5.86. The third kappa shape index (κ3) is 13.0. The van der Waals surface area contributed by atoms with Crippen molar-refractivity contribution in [1.29, 1.82) is 0 Å². The van der Waals surface area contributed by atoms with Crippen molar-refractivity contribution >= 4 is 23.9 Å². The van der Waals surface area contributed by atoms with Gasteiger partial charge >= 0.3 is 12.1 Å². The molecule has 3 N–H and O–H groups in total. The normalized spacial score (nSPS) is 16.0. The monoisotopic (exact) mass is 693 g/mol. The summed E-state index contributed by atoms with van der Waals surface area (Å²) >= 11 is 0. The summed E-state index contributed by atoms with van der Waals surface area (Å²) in [6, 6.07) is 17.1. The van der Waals surface area contributed by atoms with Crippen LogP contribution < -0.4 is 10.6 Å². The zero-order chi connectivity index (χ0) is 37.1. The first kappa shape index (κ1) is 40.3. The Balaban J connectivity index is 1.77. The van der Waals surface area contributed by atoms with Crippen LogP contribution in [0.1, 0.15) is 85.8 Å². The van der Waals surface area contributed by atoms with Crippen LogP contribution in [0.5, 0.6) is 0 Å². The number of nitrogens with zero attached hydrogens (tertiary/aromatic N) is 3. The van der Waals surface area contributed by atoms with Crippen LogP contribution in [0.2, 0.25) is 0 Å². The van der Waals surface area contributed by atoms with Gasteiger partial charge in [0, 0.05) is 24.2 Å². The zero-order valence-corrected chi connectivity index (χ0v) is 31.3. The van der Waals surface area contributed by atoms with Crippen LogP contribution in [0.25, 0.3) is 0 Å². The average molecular weight is 694 g/mol. The van der Waals surface area contributed by atoms with Crippen molar-refractivity contribution in [2.24, 2.45) is 5.92 Å². The first-order chi connectivity index (χ1) is 23.4. The molecule has 1 aliphatic rings. The van der Waals surface area contributed by atoms with E-state index in [0.717, 1.165) is 17.5 Å². The minimum atomic E-state index is -1.10. The van der Waals surface area contributed by atoms with E-state index < -0.39 is 41.3 Å². The number of urea groups is 1. The summed E-state index contributed by atoms with van der Waals surface area (Å²) in [6.45, 7) is 16.1. The molecule has 0 unspecified atom stereocenters. The SMILES string of the molecule is CC(C)CCN(C[C@@H](O)[C@H](Cc1ccccc1)NC(=O)CN(C(=O)[C@@H]1CCCN1C(=O)OCc1ccccc1)C(C)(C)C)C(=O)NC(C)(C)C. The zero-order valence-electron chi connectivity index (χ0n) is 31.3. The molecule has 11 nitrogen and oxygen atoms in total. The number of hydrogen-bond donors (Lipinski definition) is 3. The summed E-state index contributed by atoms with van der Waals surface area (Å²) in [5.41, 5.74) is 0.542. The number of aliphatic hydroxyl groups is 1. The maximum Gasteiger partial charge on any atom is 0.410 e. The number of aliphatic hydroxyl groups excluding tert-OH is 1. The summed E-state index contributed by atoms with van der Waals surface area (Å²) in [7, 11) is 0. The Morgan fingerprint density at radius 2 is 1.54 bits per heavy atom. The lowest BCUT2D eigenvalue weighted by Gasteiger charge is -2.39. The van der Waals surface area contributed by atoms with Gasteiger partial charge in [0.1, 0.15) is 19.2 Å². The number of nitrogens with one attached hydrogen (secondary N) is 2. The maximum atomic E-state index is 14.1. The predicted octanol–water partition coefficient (Wildman–Crippen LogP) is 5.36. The fourth-order valence-corrected chi connectivity index (χ4v) is 5.86. The molecule has 0 spiro atoms. The standard InChI is InChI=1S/C39H59N5O6/c1-28(2)21-23-42(36(48)41-38(3,4)5)25-33(45)31(24-29-16-11-9-12-17-29)40-34(46)26-44(39(6,7)8)35(47)32-20-15-22-43(32)37(49)50-27-30-18-13-10-14-19-30/h9-14,16-19,28,31-33,45H,15,20-27H2,1-8H3,(H,40,46)(H,41,48)/t31-,32-,33+/m0/s1. The summed E-state index contributed by atoms with van der Waals surface area (Å²) in [4.78, 5) is 58.9. The Morgan fingerprint density at radius 3 is 2.10 bits per heavy atom. The van der Waals surface area contributed by atoms with Gasteiger partial charge in [-0.3, -0.25) is 14.5 Å². The van der Waals surface area contributed by atoms with E-state index in [4.69, 9.17) is 4.74 Å². The molecule has 2 aromatic rings. The first-order valence-electron chi connectivity index (χ1n) is 17.8. The van der Waals surface area contributed by atoms with Crippen LogP contribution in [0, 0.1) is 5.92 Å². The molecule has 0 aromatic heterocycles. The Labute approximate surface area is 298 Å². The van der Waals surface area contributed by atoms with E-state index in [1.807, 2.05) is 102 Å². The molecule has 1 fully saturated rings. The molecule has 3 rings (SSSR count). The van der Waals surface area contributed by atoms with Crippen molar-refractivity contribution in [2.75, 3.05) is 26.2 Å². The van der Waals surface area contributed by atoms with E-state index in [0.29, 0.717) is 38.3 Å². The number of amides is 5. The fraction of sp³-hybridized carbons (Fsp3) is 0.590. The maximum absolute atomic E-state index is 14.1. The van der Waals surface area contributed by atoms with E-state index in [2.05, 4.69) is 24.5 Å². The average Bonchev–Trinajstić information content (AvgIpc) is 3.53. The van der Waals surface area contributed by atoms with Crippen molar-refractivity contribution in [3.63, 3.8) is 0 Å². The van der Waals surface area contributed by atoms with E-state index in [1.165, 1.54) is 9.80 Å². The molecule has 0 saturated carbocycles. The molecule has 3 atom stereocenters. The van der Waals surface area contributed by atoms with Gasteiger partial charge in [-0.05, 0) is 84.3 Å². The second-order valence-corrected chi connectivity index (χ2v) is 15.7. The third-order valence-electron chi connectivity index (χ3n) is 8.62. The molecular formula is C39H59N5O6. The first-order valence-corrected chi connectivity index (χ1v) is 17.8. The van der Waals surface area contributed by atoms with Crippen molar-refractivity contribution < 1.29 is 29.0 Å². The van der Waals surface area contributed by atoms with Crippen LogP contribution in [-0.4, -0.2) is 99.2 Å². The second-order valence-electron chi connectivity index (χ2n) is 15.7. The Kier molecular flexibility index (Phi) is 14.7. The van der Waals surface area contributed by atoms with Gasteiger partial charge in [-0.2, -0.15) is 0 Å². The number of ether oxygens (including phenoxy) is 1. The molecular weight excluding hydrogens is 634 g/mol. The largest absolute Gasteiger partial charge is 0.445 e. The van der Waals surface area contributed by atoms with E-state index in [-0.39, 0.29) is 31.6 Å². The predicted molar refractivity (Wildman–Crippen MR) is 195 cm³/mol. The van der Waals surface area contributed by atoms with Gasteiger partial charge < -0.3 is 30.3 Å². The number of carbonyl (C=O) groups is 4. The van der Waals surface area contributed by atoms with Crippen LogP contribution in [-0.2, 0) is 27.4 Å². The number of carbonyl (C=O) groups excluding carboxylic acids is 4. The Bertz CT molecular complexity index is 1390. The quantitative estimate of drug-likeness (QED) is 0.244. The minimum Gasteiger partial charge on any atom is -0.445 e.